The Bertz CT molecular complexity index is 835. The Kier molecular flexibility index (Phi) is 4.83. The lowest BCUT2D eigenvalue weighted by atomic mass is 9.69. The van der Waals surface area contributed by atoms with Crippen LogP contribution in [0.2, 0.25) is 0 Å². The van der Waals surface area contributed by atoms with Crippen LogP contribution in [-0.2, 0) is 8.65 Å². The monoisotopic (exact) mass is 528 g/mol. The Morgan fingerprint density at radius 1 is 0.536 bits per heavy atom. The summed E-state index contributed by atoms with van der Waals surface area (Å²) in [4.78, 5) is 0. The molecule has 0 fully saturated rings. The lowest BCUT2D eigenvalue weighted by Gasteiger charge is -2.46. The van der Waals surface area contributed by atoms with Crippen LogP contribution < -0.4 is 0 Å². The van der Waals surface area contributed by atoms with Gasteiger partial charge < -0.3 is 0 Å². The van der Waals surface area contributed by atoms with E-state index in [0.29, 0.717) is 22.3 Å². The summed E-state index contributed by atoms with van der Waals surface area (Å²) in [6.07, 6.45) is -9.72. The van der Waals surface area contributed by atoms with Crippen molar-refractivity contribution in [3.8, 4) is 0 Å². The first kappa shape index (κ1) is 21.7. The summed E-state index contributed by atoms with van der Waals surface area (Å²) in [5.74, 6) is 0. The van der Waals surface area contributed by atoms with Gasteiger partial charge in [0.05, 0.1) is 0 Å². The minimum Gasteiger partial charge on any atom is -0.169 e. The van der Waals surface area contributed by atoms with Crippen molar-refractivity contribution in [3.63, 3.8) is 0 Å². The van der Waals surface area contributed by atoms with Gasteiger partial charge in [0.15, 0.2) is 8.65 Å². The second kappa shape index (κ2) is 6.24. The summed E-state index contributed by atoms with van der Waals surface area (Å²) in [6.45, 7) is 6.33. The highest BCUT2D eigenvalue weighted by molar-refractivity contribution is 9.10. The normalized spacial score (nSPS) is 24.7. The summed E-state index contributed by atoms with van der Waals surface area (Å²) < 4.78 is 80.6. The lowest BCUT2D eigenvalue weighted by molar-refractivity contribution is -0.162. The minimum absolute atomic E-state index is 0.451. The zero-order valence-corrected chi connectivity index (χ0v) is 18.5. The van der Waals surface area contributed by atoms with Crippen molar-refractivity contribution < 1.29 is 26.3 Å². The summed E-state index contributed by atoms with van der Waals surface area (Å²) in [6, 6.07) is 4.80. The molecule has 0 saturated heterocycles. The van der Waals surface area contributed by atoms with Gasteiger partial charge in [-0.1, -0.05) is 56.1 Å². The molecule has 2 aromatic carbocycles. The molecule has 28 heavy (non-hydrogen) atoms. The summed E-state index contributed by atoms with van der Waals surface area (Å²) in [5.41, 5.74) is 0.127. The molecule has 0 aliphatic heterocycles. The van der Waals surface area contributed by atoms with Crippen molar-refractivity contribution in [1.29, 1.82) is 0 Å². The Morgan fingerprint density at radius 2 is 0.714 bits per heavy atom. The quantitative estimate of drug-likeness (QED) is 0.243. The Balaban J connectivity index is 2.61. The number of fused-ring (bicyclic) bond motifs is 2. The average Bonchev–Trinajstić information content (AvgIpc) is 2.54. The van der Waals surface area contributed by atoms with E-state index < -0.39 is 43.3 Å². The number of hydrogen-bond acceptors (Lipinski definition) is 0. The standard InChI is InChI=1S/C20H16Br2F6/c1-9-5-13-14(6-10(9)2)18(22,20(26,27)28)16-8-12(4)11(3)7-15(16)17(13,21)19(23,24)25/h5-8H,1-4H3. The van der Waals surface area contributed by atoms with Crippen LogP contribution in [0.1, 0.15) is 44.5 Å². The summed E-state index contributed by atoms with van der Waals surface area (Å²) in [5, 5.41) is 0. The molecule has 0 radical (unpaired) electrons. The Labute approximate surface area is 175 Å². The van der Waals surface area contributed by atoms with Gasteiger partial charge >= 0.3 is 12.4 Å². The second-order valence-electron chi connectivity index (χ2n) is 7.28. The molecule has 0 bridgehead atoms. The van der Waals surface area contributed by atoms with E-state index in [4.69, 9.17) is 0 Å². The SMILES string of the molecule is Cc1cc2c(cc1C)C(Br)(C(F)(F)F)c1cc(C)c(C)cc1C2(Br)C(F)(F)F. The van der Waals surface area contributed by atoms with Gasteiger partial charge in [0.1, 0.15) is 0 Å². The first-order chi connectivity index (χ1) is 12.6. The van der Waals surface area contributed by atoms with E-state index in [2.05, 4.69) is 31.9 Å². The van der Waals surface area contributed by atoms with Crippen molar-refractivity contribution in [2.45, 2.75) is 48.7 Å². The topological polar surface area (TPSA) is 0 Å². The maximum Gasteiger partial charge on any atom is 0.411 e. The molecule has 0 N–H and O–H groups in total. The van der Waals surface area contributed by atoms with Gasteiger partial charge in [0.2, 0.25) is 0 Å². The van der Waals surface area contributed by atoms with E-state index in [-0.39, 0.29) is 0 Å². The zero-order chi connectivity index (χ0) is 21.4. The lowest BCUT2D eigenvalue weighted by Crippen LogP contribution is -2.50. The van der Waals surface area contributed by atoms with Crippen LogP contribution in [0.3, 0.4) is 0 Å². The average molecular weight is 530 g/mol. The van der Waals surface area contributed by atoms with E-state index in [1.807, 2.05) is 0 Å². The zero-order valence-electron chi connectivity index (χ0n) is 15.3. The molecule has 1 aliphatic carbocycles. The van der Waals surface area contributed by atoms with Crippen molar-refractivity contribution in [3.05, 3.63) is 68.8 Å². The number of aryl methyl sites for hydroxylation is 4. The Morgan fingerprint density at radius 3 is 0.857 bits per heavy atom. The fourth-order valence-electron chi connectivity index (χ4n) is 3.67. The van der Waals surface area contributed by atoms with Crippen LogP contribution >= 0.6 is 31.9 Å². The largest absolute Gasteiger partial charge is 0.411 e. The molecular weight excluding hydrogens is 514 g/mol. The van der Waals surface area contributed by atoms with Gasteiger partial charge in [0, 0.05) is 0 Å². The summed E-state index contributed by atoms with van der Waals surface area (Å²) >= 11 is 5.67. The van der Waals surface area contributed by atoms with Gasteiger partial charge in [-0.25, -0.2) is 0 Å². The van der Waals surface area contributed by atoms with Crippen LogP contribution in [0.4, 0.5) is 26.3 Å². The minimum atomic E-state index is -4.86. The van der Waals surface area contributed by atoms with E-state index in [1.54, 1.807) is 27.7 Å². The molecule has 0 aromatic heterocycles. The third-order valence-electron chi connectivity index (χ3n) is 5.53. The number of benzene rings is 2. The van der Waals surface area contributed by atoms with Gasteiger partial charge in [-0.2, -0.15) is 26.3 Å². The first-order valence-corrected chi connectivity index (χ1v) is 9.91. The van der Waals surface area contributed by atoms with Crippen molar-refractivity contribution in [2.75, 3.05) is 0 Å². The van der Waals surface area contributed by atoms with Crippen molar-refractivity contribution >= 4 is 31.9 Å². The fourth-order valence-corrected chi connectivity index (χ4v) is 4.99. The molecule has 8 heteroatoms. The van der Waals surface area contributed by atoms with Gasteiger partial charge in [-0.05, 0) is 72.2 Å². The molecule has 0 saturated carbocycles. The maximum absolute atomic E-state index is 14.4. The van der Waals surface area contributed by atoms with Gasteiger partial charge in [-0.15, -0.1) is 0 Å². The van der Waals surface area contributed by atoms with Gasteiger partial charge in [-0.3, -0.25) is 0 Å². The second-order valence-corrected chi connectivity index (χ2v) is 9.66. The third kappa shape index (κ3) is 2.70. The number of alkyl halides is 8. The molecule has 0 spiro atoms. The van der Waals surface area contributed by atoms with Gasteiger partial charge in [0.25, 0.3) is 0 Å². The van der Waals surface area contributed by atoms with Crippen LogP contribution in [0.25, 0.3) is 0 Å². The molecular formula is C20H16Br2F6. The van der Waals surface area contributed by atoms with Crippen molar-refractivity contribution in [1.82, 2.24) is 0 Å². The molecule has 1 aliphatic rings. The molecule has 0 heterocycles. The highest BCUT2D eigenvalue weighted by Crippen LogP contribution is 2.65. The van der Waals surface area contributed by atoms with E-state index in [0.717, 1.165) is 0 Å². The van der Waals surface area contributed by atoms with E-state index in [1.165, 1.54) is 24.3 Å². The van der Waals surface area contributed by atoms with Crippen LogP contribution in [-0.4, -0.2) is 12.4 Å². The molecule has 0 nitrogen and oxygen atoms in total. The highest BCUT2D eigenvalue weighted by atomic mass is 79.9. The Hall–Kier alpha value is -1.02. The predicted molar refractivity (Wildman–Crippen MR) is 103 cm³/mol. The fraction of sp³-hybridized carbons (Fsp3) is 0.400. The molecule has 2 aromatic rings. The van der Waals surface area contributed by atoms with Crippen LogP contribution in [0.5, 0.6) is 0 Å². The third-order valence-corrected chi connectivity index (χ3v) is 8.14. The van der Waals surface area contributed by atoms with E-state index >= 15 is 0 Å². The molecule has 0 atom stereocenters. The first-order valence-electron chi connectivity index (χ1n) is 8.32. The number of rotatable bonds is 0. The van der Waals surface area contributed by atoms with Crippen molar-refractivity contribution in [2.24, 2.45) is 0 Å². The summed E-state index contributed by atoms with van der Waals surface area (Å²) in [7, 11) is 0. The number of hydrogen-bond donors (Lipinski definition) is 0. The molecule has 0 amide bonds. The number of halogens is 8. The molecule has 3 rings (SSSR count). The smallest absolute Gasteiger partial charge is 0.169 e. The molecule has 0 unspecified atom stereocenters. The predicted octanol–water partition coefficient (Wildman–Crippen LogP) is 7.64. The van der Waals surface area contributed by atoms with Crippen LogP contribution in [0.15, 0.2) is 24.3 Å². The van der Waals surface area contributed by atoms with E-state index in [9.17, 15) is 26.3 Å². The highest BCUT2D eigenvalue weighted by Gasteiger charge is 2.67. The maximum atomic E-state index is 14.4. The molecule has 152 valence electrons. The van der Waals surface area contributed by atoms with Crippen LogP contribution in [0, 0.1) is 27.7 Å².